The Morgan fingerprint density at radius 3 is 2.55 bits per heavy atom. The Bertz CT molecular complexity index is 1100. The molecule has 2 aromatic carbocycles. The van der Waals surface area contributed by atoms with E-state index in [0.29, 0.717) is 18.1 Å². The lowest BCUT2D eigenvalue weighted by molar-refractivity contribution is -0.122. The molecule has 0 fully saturated rings. The second-order valence-corrected chi connectivity index (χ2v) is 8.81. The maximum absolute atomic E-state index is 13.0. The number of benzene rings is 2. The number of amides is 1. The molecule has 0 saturated heterocycles. The van der Waals surface area contributed by atoms with Gasteiger partial charge in [0.1, 0.15) is 17.6 Å². The van der Waals surface area contributed by atoms with Crippen LogP contribution >= 0.6 is 11.6 Å². The molecule has 2 N–H and O–H groups in total. The summed E-state index contributed by atoms with van der Waals surface area (Å²) in [6.07, 6.45) is 1.68. The highest BCUT2D eigenvalue weighted by Gasteiger charge is 2.26. The number of furan rings is 1. The van der Waals surface area contributed by atoms with Crippen molar-refractivity contribution in [2.45, 2.75) is 30.8 Å². The maximum Gasteiger partial charge on any atom is 0.241 e. The summed E-state index contributed by atoms with van der Waals surface area (Å²) in [5, 5.41) is 2.88. The van der Waals surface area contributed by atoms with Gasteiger partial charge in [-0.1, -0.05) is 41.9 Å². The van der Waals surface area contributed by atoms with E-state index in [1.807, 2.05) is 30.3 Å². The van der Waals surface area contributed by atoms with Crippen molar-refractivity contribution in [1.82, 2.24) is 10.0 Å². The summed E-state index contributed by atoms with van der Waals surface area (Å²) in [6, 6.07) is 15.7. The number of rotatable bonds is 10. The molecule has 1 atom stereocenters. The van der Waals surface area contributed by atoms with E-state index in [9.17, 15) is 13.2 Å². The van der Waals surface area contributed by atoms with Crippen molar-refractivity contribution in [3.63, 3.8) is 0 Å². The fourth-order valence-electron chi connectivity index (χ4n) is 2.92. The number of sulfonamides is 1. The van der Waals surface area contributed by atoms with E-state index in [-0.39, 0.29) is 22.9 Å². The van der Waals surface area contributed by atoms with Crippen molar-refractivity contribution in [2.24, 2.45) is 0 Å². The Balaban J connectivity index is 1.80. The van der Waals surface area contributed by atoms with Crippen LogP contribution in [0.3, 0.4) is 0 Å². The normalized spacial score (nSPS) is 12.3. The molecule has 0 bridgehead atoms. The summed E-state index contributed by atoms with van der Waals surface area (Å²) in [5.41, 5.74) is 0.813. The Morgan fingerprint density at radius 1 is 1.13 bits per heavy atom. The van der Waals surface area contributed by atoms with Gasteiger partial charge in [-0.05, 0) is 49.2 Å². The Kier molecular flexibility index (Phi) is 7.73. The minimum atomic E-state index is -4.03. The lowest BCUT2D eigenvalue weighted by Crippen LogP contribution is -2.47. The van der Waals surface area contributed by atoms with Gasteiger partial charge < -0.3 is 14.5 Å². The van der Waals surface area contributed by atoms with E-state index in [2.05, 4.69) is 10.0 Å². The minimum absolute atomic E-state index is 0.0575. The van der Waals surface area contributed by atoms with E-state index in [1.165, 1.54) is 24.5 Å². The molecule has 0 saturated carbocycles. The zero-order valence-electron chi connectivity index (χ0n) is 16.9. The molecule has 31 heavy (non-hydrogen) atoms. The van der Waals surface area contributed by atoms with Crippen LogP contribution in [-0.2, 0) is 27.8 Å². The van der Waals surface area contributed by atoms with E-state index >= 15 is 0 Å². The van der Waals surface area contributed by atoms with Gasteiger partial charge in [-0.25, -0.2) is 8.42 Å². The molecular formula is C22H23ClN2O5S. The second kappa shape index (κ2) is 10.5. The molecule has 1 aromatic heterocycles. The fraction of sp³-hybridized carbons (Fsp3) is 0.227. The van der Waals surface area contributed by atoms with Crippen molar-refractivity contribution in [3.8, 4) is 5.75 Å². The molecule has 1 amide bonds. The molecule has 3 aromatic rings. The number of hydrogen-bond donors (Lipinski definition) is 2. The van der Waals surface area contributed by atoms with Crippen molar-refractivity contribution >= 4 is 27.5 Å². The standard InChI is InChI=1S/C22H23ClN2O5S/c1-2-29-21-11-10-18(14-19(21)23)31(27,28)25-20(13-16-7-4-3-5-8-16)22(26)24-15-17-9-6-12-30-17/h3-12,14,20,25H,2,13,15H2,1H3,(H,24,26)/t20-/m0/s1. The lowest BCUT2D eigenvalue weighted by Gasteiger charge is -2.19. The van der Waals surface area contributed by atoms with Gasteiger partial charge in [-0.15, -0.1) is 0 Å². The van der Waals surface area contributed by atoms with Crippen molar-refractivity contribution in [2.75, 3.05) is 6.61 Å². The highest BCUT2D eigenvalue weighted by Crippen LogP contribution is 2.27. The fourth-order valence-corrected chi connectivity index (χ4v) is 4.45. The maximum atomic E-state index is 13.0. The van der Waals surface area contributed by atoms with Crippen LogP contribution in [0.5, 0.6) is 5.75 Å². The number of ether oxygens (including phenoxy) is 1. The first-order valence-corrected chi connectivity index (χ1v) is 11.5. The molecule has 0 unspecified atom stereocenters. The number of halogens is 1. The summed E-state index contributed by atoms with van der Waals surface area (Å²) in [4.78, 5) is 12.8. The smallest absolute Gasteiger partial charge is 0.241 e. The predicted octanol–water partition coefficient (Wildman–Crippen LogP) is 3.54. The SMILES string of the molecule is CCOc1ccc(S(=O)(=O)N[C@@H](Cc2ccccc2)C(=O)NCc2ccco2)cc1Cl. The first-order chi connectivity index (χ1) is 14.9. The van der Waals surface area contributed by atoms with E-state index in [4.69, 9.17) is 20.8 Å². The number of nitrogens with one attached hydrogen (secondary N) is 2. The van der Waals surface area contributed by atoms with Crippen molar-refractivity contribution < 1.29 is 22.4 Å². The zero-order valence-corrected chi connectivity index (χ0v) is 18.4. The monoisotopic (exact) mass is 462 g/mol. The van der Waals surface area contributed by atoms with Gasteiger partial charge in [0.2, 0.25) is 15.9 Å². The summed E-state index contributed by atoms with van der Waals surface area (Å²) in [5.74, 6) is 0.481. The van der Waals surface area contributed by atoms with E-state index < -0.39 is 22.0 Å². The van der Waals surface area contributed by atoms with Gasteiger partial charge in [0, 0.05) is 0 Å². The van der Waals surface area contributed by atoms with Crippen LogP contribution < -0.4 is 14.8 Å². The molecule has 1 heterocycles. The van der Waals surface area contributed by atoms with Crippen LogP contribution in [-0.4, -0.2) is 27.0 Å². The van der Waals surface area contributed by atoms with Gasteiger partial charge in [-0.3, -0.25) is 4.79 Å². The predicted molar refractivity (Wildman–Crippen MR) is 117 cm³/mol. The molecule has 164 valence electrons. The number of carbonyl (C=O) groups is 1. The zero-order chi connectivity index (χ0) is 22.3. The third kappa shape index (κ3) is 6.33. The van der Waals surface area contributed by atoms with Gasteiger partial charge in [0.25, 0.3) is 0 Å². The van der Waals surface area contributed by atoms with Gasteiger partial charge in [-0.2, -0.15) is 4.72 Å². The van der Waals surface area contributed by atoms with Gasteiger partial charge >= 0.3 is 0 Å². The van der Waals surface area contributed by atoms with Crippen LogP contribution in [0.2, 0.25) is 5.02 Å². The van der Waals surface area contributed by atoms with Crippen LogP contribution in [0.1, 0.15) is 18.2 Å². The minimum Gasteiger partial charge on any atom is -0.492 e. The first-order valence-electron chi connectivity index (χ1n) is 9.67. The Hall–Kier alpha value is -2.81. The topological polar surface area (TPSA) is 97.6 Å². The molecule has 3 rings (SSSR count). The third-order valence-electron chi connectivity index (χ3n) is 4.43. The average Bonchev–Trinajstić information content (AvgIpc) is 3.27. The van der Waals surface area contributed by atoms with Crippen LogP contribution in [0.25, 0.3) is 0 Å². The highest BCUT2D eigenvalue weighted by atomic mass is 35.5. The van der Waals surface area contributed by atoms with Crippen molar-refractivity contribution in [3.05, 3.63) is 83.3 Å². The molecule has 9 heteroatoms. The molecule has 0 radical (unpaired) electrons. The lowest BCUT2D eigenvalue weighted by atomic mass is 10.1. The van der Waals surface area contributed by atoms with Crippen LogP contribution in [0, 0.1) is 0 Å². The third-order valence-corrected chi connectivity index (χ3v) is 6.19. The molecular weight excluding hydrogens is 440 g/mol. The number of hydrogen-bond acceptors (Lipinski definition) is 5. The van der Waals surface area contributed by atoms with Gasteiger partial charge in [0.15, 0.2) is 0 Å². The van der Waals surface area contributed by atoms with Gasteiger partial charge in [0.05, 0.1) is 29.3 Å². The van der Waals surface area contributed by atoms with Crippen molar-refractivity contribution in [1.29, 1.82) is 0 Å². The molecule has 0 spiro atoms. The average molecular weight is 463 g/mol. The highest BCUT2D eigenvalue weighted by molar-refractivity contribution is 7.89. The summed E-state index contributed by atoms with van der Waals surface area (Å²) in [6.45, 7) is 2.35. The largest absolute Gasteiger partial charge is 0.492 e. The number of carbonyl (C=O) groups excluding carboxylic acids is 1. The summed E-state index contributed by atoms with van der Waals surface area (Å²) in [7, 11) is -4.03. The summed E-state index contributed by atoms with van der Waals surface area (Å²) >= 11 is 6.14. The second-order valence-electron chi connectivity index (χ2n) is 6.69. The molecule has 0 aliphatic heterocycles. The first kappa shape index (κ1) is 22.9. The van der Waals surface area contributed by atoms with E-state index in [1.54, 1.807) is 19.1 Å². The summed E-state index contributed by atoms with van der Waals surface area (Å²) < 4.78 is 39.0. The Morgan fingerprint density at radius 2 is 1.90 bits per heavy atom. The Labute approximate surface area is 186 Å². The quantitative estimate of drug-likeness (QED) is 0.480. The molecule has 0 aliphatic carbocycles. The van der Waals surface area contributed by atoms with Crippen LogP contribution in [0.15, 0.2) is 76.2 Å². The molecule has 7 nitrogen and oxygen atoms in total. The van der Waals surface area contributed by atoms with E-state index in [0.717, 1.165) is 5.56 Å². The molecule has 0 aliphatic rings. The van der Waals surface area contributed by atoms with Crippen LogP contribution in [0.4, 0.5) is 0 Å².